The summed E-state index contributed by atoms with van der Waals surface area (Å²) >= 11 is 6.19. The minimum atomic E-state index is -3.80. The van der Waals surface area contributed by atoms with Crippen molar-refractivity contribution in [2.75, 3.05) is 0 Å². The Kier molecular flexibility index (Phi) is 5.07. The van der Waals surface area contributed by atoms with Crippen LogP contribution in [-0.4, -0.2) is 22.5 Å². The molecule has 0 amide bonds. The van der Waals surface area contributed by atoms with Gasteiger partial charge in [0.1, 0.15) is 5.76 Å². The number of hydrogen-bond donors (Lipinski definition) is 0. The average Bonchev–Trinajstić information content (AvgIpc) is 3.38. The summed E-state index contributed by atoms with van der Waals surface area (Å²) in [5.41, 5.74) is 3.72. The second-order valence-electron chi connectivity index (χ2n) is 7.06. The lowest BCUT2D eigenvalue weighted by atomic mass is 10.2. The fraction of sp³-hybridized carbons (Fsp3) is 0.350. The summed E-state index contributed by atoms with van der Waals surface area (Å²) in [6, 6.07) is 8.47. The van der Waals surface area contributed by atoms with Crippen LogP contribution in [0.15, 0.2) is 45.9 Å². The van der Waals surface area contributed by atoms with E-state index in [1.807, 2.05) is 11.7 Å². The van der Waals surface area contributed by atoms with Crippen LogP contribution >= 0.6 is 11.6 Å². The largest absolute Gasteiger partial charge is 0.468 e. The Labute approximate surface area is 169 Å². The average molecular weight is 420 g/mol. The van der Waals surface area contributed by atoms with Crippen LogP contribution < -0.4 is 0 Å². The molecule has 2 aromatic heterocycles. The van der Waals surface area contributed by atoms with Crippen molar-refractivity contribution in [2.24, 2.45) is 7.05 Å². The van der Waals surface area contributed by atoms with E-state index in [2.05, 4.69) is 5.10 Å². The quantitative estimate of drug-likeness (QED) is 0.608. The first-order chi connectivity index (χ1) is 13.4. The maximum atomic E-state index is 13.5. The normalized spacial score (nSPS) is 14.0. The smallest absolute Gasteiger partial charge is 0.244 e. The molecular formula is C20H22ClN3O3S. The molecule has 0 bridgehead atoms. The summed E-state index contributed by atoms with van der Waals surface area (Å²) in [6.07, 6.45) is 4.54. The summed E-state index contributed by atoms with van der Waals surface area (Å²) in [7, 11) is -1.88. The van der Waals surface area contributed by atoms with Crippen LogP contribution in [0.3, 0.4) is 0 Å². The molecular weight excluding hydrogens is 398 g/mol. The van der Waals surface area contributed by atoms with E-state index in [0.717, 1.165) is 25.0 Å². The number of aryl methyl sites for hydroxylation is 1. The van der Waals surface area contributed by atoms with Gasteiger partial charge in [0.25, 0.3) is 0 Å². The number of fused-ring (bicyclic) bond motifs is 1. The van der Waals surface area contributed by atoms with E-state index >= 15 is 0 Å². The first-order valence-electron chi connectivity index (χ1n) is 9.19. The summed E-state index contributed by atoms with van der Waals surface area (Å²) in [6.45, 7) is 2.05. The van der Waals surface area contributed by atoms with E-state index in [-0.39, 0.29) is 18.0 Å². The van der Waals surface area contributed by atoms with Gasteiger partial charge in [0.05, 0.1) is 29.9 Å². The van der Waals surface area contributed by atoms with E-state index in [1.54, 1.807) is 43.5 Å². The van der Waals surface area contributed by atoms with Crippen LogP contribution in [0, 0.1) is 6.92 Å². The van der Waals surface area contributed by atoms with E-state index in [0.29, 0.717) is 16.3 Å². The lowest BCUT2D eigenvalue weighted by Crippen LogP contribution is -2.31. The number of hydrogen-bond acceptors (Lipinski definition) is 4. The van der Waals surface area contributed by atoms with Crippen LogP contribution in [-0.2, 0) is 43.0 Å². The molecule has 0 fully saturated rings. The van der Waals surface area contributed by atoms with Gasteiger partial charge in [0.15, 0.2) is 0 Å². The molecule has 0 saturated carbocycles. The number of sulfonamides is 1. The third-order valence-electron chi connectivity index (χ3n) is 5.27. The molecule has 0 N–H and O–H groups in total. The molecule has 0 spiro atoms. The minimum Gasteiger partial charge on any atom is -0.468 e. The van der Waals surface area contributed by atoms with Gasteiger partial charge in [-0.3, -0.25) is 4.68 Å². The van der Waals surface area contributed by atoms with E-state index in [4.69, 9.17) is 16.0 Å². The summed E-state index contributed by atoms with van der Waals surface area (Å²) < 4.78 is 35.8. The molecule has 1 aliphatic carbocycles. The van der Waals surface area contributed by atoms with Gasteiger partial charge in [-0.15, -0.1) is 0 Å². The summed E-state index contributed by atoms with van der Waals surface area (Å²) in [5.74, 6) is 0.579. The van der Waals surface area contributed by atoms with Crippen molar-refractivity contribution in [3.05, 3.63) is 69.9 Å². The highest BCUT2D eigenvalue weighted by Gasteiger charge is 2.31. The van der Waals surface area contributed by atoms with E-state index in [9.17, 15) is 8.42 Å². The summed E-state index contributed by atoms with van der Waals surface area (Å²) in [5, 5.41) is 5.03. The zero-order valence-electron chi connectivity index (χ0n) is 15.9. The number of rotatable bonds is 6. The van der Waals surface area contributed by atoms with Crippen LogP contribution in [0.25, 0.3) is 0 Å². The van der Waals surface area contributed by atoms with Crippen LogP contribution in [0.5, 0.6) is 0 Å². The van der Waals surface area contributed by atoms with Crippen molar-refractivity contribution in [1.29, 1.82) is 0 Å². The van der Waals surface area contributed by atoms with Crippen LogP contribution in [0.1, 0.15) is 34.7 Å². The first kappa shape index (κ1) is 19.2. The van der Waals surface area contributed by atoms with Gasteiger partial charge in [0.2, 0.25) is 10.0 Å². The van der Waals surface area contributed by atoms with Gasteiger partial charge in [-0.05, 0) is 61.6 Å². The van der Waals surface area contributed by atoms with Crippen molar-refractivity contribution >= 4 is 21.6 Å². The molecule has 4 rings (SSSR count). The Balaban J connectivity index is 1.75. The Hall–Kier alpha value is -2.09. The Morgan fingerprint density at radius 2 is 2.04 bits per heavy atom. The number of aromatic nitrogens is 2. The highest BCUT2D eigenvalue weighted by atomic mass is 35.5. The van der Waals surface area contributed by atoms with Gasteiger partial charge in [0, 0.05) is 17.8 Å². The second-order valence-corrected chi connectivity index (χ2v) is 9.38. The molecule has 6 nitrogen and oxygen atoms in total. The zero-order valence-corrected chi connectivity index (χ0v) is 17.4. The zero-order chi connectivity index (χ0) is 19.9. The minimum absolute atomic E-state index is 0.132. The predicted molar refractivity (Wildman–Crippen MR) is 107 cm³/mol. The van der Waals surface area contributed by atoms with Crippen molar-refractivity contribution in [2.45, 2.75) is 44.2 Å². The third-order valence-corrected chi connectivity index (χ3v) is 7.62. The fourth-order valence-electron chi connectivity index (χ4n) is 3.80. The Morgan fingerprint density at radius 3 is 2.79 bits per heavy atom. The molecule has 1 aromatic carbocycles. The molecule has 2 heterocycles. The SMILES string of the molecule is Cc1c(Cl)cccc1S(=O)(=O)N(Cc1ccco1)Cc1nn(C)c2c1CCC2. The van der Waals surface area contributed by atoms with E-state index in [1.165, 1.54) is 15.6 Å². The second kappa shape index (κ2) is 7.39. The molecule has 0 aliphatic heterocycles. The van der Waals surface area contributed by atoms with Crippen molar-refractivity contribution in [3.8, 4) is 0 Å². The first-order valence-corrected chi connectivity index (χ1v) is 11.0. The van der Waals surface area contributed by atoms with Gasteiger partial charge >= 0.3 is 0 Å². The maximum absolute atomic E-state index is 13.5. The van der Waals surface area contributed by atoms with Crippen LogP contribution in [0.4, 0.5) is 0 Å². The van der Waals surface area contributed by atoms with Crippen LogP contribution in [0.2, 0.25) is 5.02 Å². The molecule has 3 aromatic rings. The maximum Gasteiger partial charge on any atom is 0.244 e. The standard InChI is InChI=1S/C20H22ClN3O3S/c1-14-17(21)8-4-10-20(14)28(25,26)24(12-15-6-5-11-27-15)13-18-16-7-3-9-19(16)23(2)22-18/h4-6,8,10-11H,3,7,9,12-13H2,1-2H3. The lowest BCUT2D eigenvalue weighted by molar-refractivity contribution is 0.353. The molecule has 0 radical (unpaired) electrons. The number of benzene rings is 1. The number of halogens is 1. The van der Waals surface area contributed by atoms with Gasteiger partial charge in [-0.25, -0.2) is 8.42 Å². The highest BCUT2D eigenvalue weighted by Crippen LogP contribution is 2.30. The molecule has 0 saturated heterocycles. The topological polar surface area (TPSA) is 68.3 Å². The number of nitrogens with zero attached hydrogens (tertiary/aromatic N) is 3. The molecule has 148 valence electrons. The molecule has 0 atom stereocenters. The van der Waals surface area contributed by atoms with E-state index < -0.39 is 10.0 Å². The Bertz CT molecular complexity index is 1100. The molecule has 8 heteroatoms. The fourth-order valence-corrected chi connectivity index (χ4v) is 5.65. The predicted octanol–water partition coefficient (Wildman–Crippen LogP) is 3.85. The molecule has 28 heavy (non-hydrogen) atoms. The van der Waals surface area contributed by atoms with Gasteiger partial charge in [-0.2, -0.15) is 9.40 Å². The molecule has 1 aliphatic rings. The van der Waals surface area contributed by atoms with Gasteiger partial charge < -0.3 is 4.42 Å². The lowest BCUT2D eigenvalue weighted by Gasteiger charge is -2.22. The monoisotopic (exact) mass is 419 g/mol. The van der Waals surface area contributed by atoms with Crippen molar-refractivity contribution in [1.82, 2.24) is 14.1 Å². The molecule has 0 unspecified atom stereocenters. The third kappa shape index (κ3) is 3.38. The highest BCUT2D eigenvalue weighted by molar-refractivity contribution is 7.89. The van der Waals surface area contributed by atoms with Crippen molar-refractivity contribution < 1.29 is 12.8 Å². The summed E-state index contributed by atoms with van der Waals surface area (Å²) in [4.78, 5) is 0.208. The number of furan rings is 1. The van der Waals surface area contributed by atoms with Crippen molar-refractivity contribution in [3.63, 3.8) is 0 Å². The van der Waals surface area contributed by atoms with Gasteiger partial charge in [-0.1, -0.05) is 17.7 Å². The Morgan fingerprint density at radius 1 is 1.21 bits per heavy atom.